The van der Waals surface area contributed by atoms with Gasteiger partial charge in [-0.05, 0) is 31.0 Å². The van der Waals surface area contributed by atoms with Crippen LogP contribution >= 0.6 is 0 Å². The van der Waals surface area contributed by atoms with Gasteiger partial charge in [-0.3, -0.25) is 4.79 Å². The molecule has 4 nitrogen and oxygen atoms in total. The zero-order valence-electron chi connectivity index (χ0n) is 9.41. The number of carbonyl (C=O) groups is 1. The topological polar surface area (TPSA) is 64.4 Å². The fourth-order valence-electron chi connectivity index (χ4n) is 1.52. The van der Waals surface area contributed by atoms with Crippen molar-refractivity contribution in [3.8, 4) is 5.75 Å². The highest BCUT2D eigenvalue weighted by atomic mass is 19.1. The molecule has 17 heavy (non-hydrogen) atoms. The van der Waals surface area contributed by atoms with E-state index in [9.17, 15) is 9.18 Å². The van der Waals surface area contributed by atoms with E-state index < -0.39 is 5.91 Å². The number of hydrogen-bond acceptors (Lipinski definition) is 3. The highest BCUT2D eigenvalue weighted by Crippen LogP contribution is 2.23. The van der Waals surface area contributed by atoms with Crippen LogP contribution in [0.15, 0.2) is 18.2 Å². The zero-order chi connectivity index (χ0) is 12.3. The average molecular weight is 238 g/mol. The van der Waals surface area contributed by atoms with Gasteiger partial charge in [0.15, 0.2) is 6.61 Å². The van der Waals surface area contributed by atoms with Gasteiger partial charge in [-0.25, -0.2) is 4.39 Å². The number of ether oxygens (including phenoxy) is 1. The molecule has 5 heteroatoms. The molecule has 3 N–H and O–H groups in total. The van der Waals surface area contributed by atoms with Gasteiger partial charge in [0.1, 0.15) is 11.6 Å². The predicted molar refractivity (Wildman–Crippen MR) is 61.0 cm³/mol. The summed E-state index contributed by atoms with van der Waals surface area (Å²) in [6.45, 7) is 0.346. The monoisotopic (exact) mass is 238 g/mol. The van der Waals surface area contributed by atoms with Crippen molar-refractivity contribution >= 4 is 5.91 Å². The van der Waals surface area contributed by atoms with Crippen molar-refractivity contribution in [3.63, 3.8) is 0 Å². The Hall–Kier alpha value is -1.62. The fourth-order valence-corrected chi connectivity index (χ4v) is 1.52. The predicted octanol–water partition coefficient (Wildman–Crippen LogP) is 0.942. The Kier molecular flexibility index (Phi) is 3.58. The molecule has 1 aromatic rings. The maximum atomic E-state index is 13.1. The molecule has 0 saturated heterocycles. The van der Waals surface area contributed by atoms with Crippen LogP contribution in [-0.4, -0.2) is 18.6 Å². The molecule has 0 unspecified atom stereocenters. The first kappa shape index (κ1) is 11.9. The number of amides is 1. The summed E-state index contributed by atoms with van der Waals surface area (Å²) in [5, 5.41) is 3.27. The first-order valence-corrected chi connectivity index (χ1v) is 5.58. The van der Waals surface area contributed by atoms with Gasteiger partial charge in [0.05, 0.1) is 0 Å². The van der Waals surface area contributed by atoms with E-state index in [0.717, 1.165) is 12.8 Å². The van der Waals surface area contributed by atoms with Gasteiger partial charge in [0, 0.05) is 18.2 Å². The van der Waals surface area contributed by atoms with Gasteiger partial charge >= 0.3 is 0 Å². The van der Waals surface area contributed by atoms with Crippen LogP contribution in [0, 0.1) is 5.82 Å². The minimum absolute atomic E-state index is 0.192. The molecule has 1 amide bonds. The third kappa shape index (κ3) is 3.71. The van der Waals surface area contributed by atoms with Gasteiger partial charge in [-0.15, -0.1) is 0 Å². The Labute approximate surface area is 98.9 Å². The number of hydrogen-bond donors (Lipinski definition) is 2. The molecule has 1 aliphatic carbocycles. The van der Waals surface area contributed by atoms with E-state index in [4.69, 9.17) is 10.5 Å². The lowest BCUT2D eigenvalue weighted by Gasteiger charge is -2.11. The van der Waals surface area contributed by atoms with Crippen LogP contribution in [0.4, 0.5) is 4.39 Å². The van der Waals surface area contributed by atoms with Crippen LogP contribution in [0.3, 0.4) is 0 Å². The first-order chi connectivity index (χ1) is 8.15. The Morgan fingerprint density at radius 2 is 2.29 bits per heavy atom. The minimum atomic E-state index is -0.546. The molecule has 1 aromatic carbocycles. The SMILES string of the molecule is NC(=O)COc1ccc(F)cc1CNC1CC1. The van der Waals surface area contributed by atoms with Crippen molar-refractivity contribution in [3.05, 3.63) is 29.6 Å². The summed E-state index contributed by atoms with van der Waals surface area (Å²) < 4.78 is 18.3. The quantitative estimate of drug-likeness (QED) is 0.775. The number of nitrogens with two attached hydrogens (primary N) is 1. The Morgan fingerprint density at radius 3 is 2.94 bits per heavy atom. The number of nitrogens with one attached hydrogen (secondary N) is 1. The molecule has 0 bridgehead atoms. The van der Waals surface area contributed by atoms with Crippen LogP contribution in [0.5, 0.6) is 5.75 Å². The van der Waals surface area contributed by atoms with E-state index in [1.807, 2.05) is 0 Å². The number of halogens is 1. The summed E-state index contributed by atoms with van der Waals surface area (Å²) in [7, 11) is 0. The maximum Gasteiger partial charge on any atom is 0.255 e. The Morgan fingerprint density at radius 1 is 1.53 bits per heavy atom. The molecule has 1 saturated carbocycles. The second-order valence-electron chi connectivity index (χ2n) is 4.16. The van der Waals surface area contributed by atoms with Crippen molar-refractivity contribution in [1.82, 2.24) is 5.32 Å². The zero-order valence-corrected chi connectivity index (χ0v) is 9.41. The lowest BCUT2D eigenvalue weighted by atomic mass is 10.2. The summed E-state index contributed by atoms with van der Waals surface area (Å²) in [5.74, 6) is -0.363. The molecule has 0 heterocycles. The molecular formula is C12H15FN2O2. The van der Waals surface area contributed by atoms with E-state index in [-0.39, 0.29) is 12.4 Å². The van der Waals surface area contributed by atoms with Crippen molar-refractivity contribution in [1.29, 1.82) is 0 Å². The molecule has 0 radical (unpaired) electrons. The maximum absolute atomic E-state index is 13.1. The molecule has 1 fully saturated rings. The summed E-state index contributed by atoms with van der Waals surface area (Å²) in [6.07, 6.45) is 2.32. The number of benzene rings is 1. The van der Waals surface area contributed by atoms with E-state index >= 15 is 0 Å². The van der Waals surface area contributed by atoms with E-state index in [2.05, 4.69) is 5.32 Å². The molecule has 92 valence electrons. The van der Waals surface area contributed by atoms with Gasteiger partial charge in [0.25, 0.3) is 5.91 Å². The number of carbonyl (C=O) groups excluding carboxylic acids is 1. The fraction of sp³-hybridized carbons (Fsp3) is 0.417. The van der Waals surface area contributed by atoms with Crippen molar-refractivity contribution in [2.75, 3.05) is 6.61 Å². The number of rotatable bonds is 6. The van der Waals surface area contributed by atoms with Crippen LogP contribution in [0.25, 0.3) is 0 Å². The number of primary amides is 1. The van der Waals surface area contributed by atoms with Gasteiger partial charge in [0.2, 0.25) is 0 Å². The minimum Gasteiger partial charge on any atom is -0.483 e. The van der Waals surface area contributed by atoms with Crippen molar-refractivity contribution < 1.29 is 13.9 Å². The molecule has 0 atom stereocenters. The second-order valence-corrected chi connectivity index (χ2v) is 4.16. The molecule has 1 aliphatic rings. The van der Waals surface area contributed by atoms with Crippen molar-refractivity contribution in [2.45, 2.75) is 25.4 Å². The van der Waals surface area contributed by atoms with E-state index in [0.29, 0.717) is 23.9 Å². The molecule has 0 spiro atoms. The first-order valence-electron chi connectivity index (χ1n) is 5.58. The highest BCUT2D eigenvalue weighted by Gasteiger charge is 2.20. The van der Waals surface area contributed by atoms with E-state index in [1.54, 1.807) is 0 Å². The largest absolute Gasteiger partial charge is 0.483 e. The lowest BCUT2D eigenvalue weighted by Crippen LogP contribution is -2.21. The van der Waals surface area contributed by atoms with E-state index in [1.165, 1.54) is 18.2 Å². The van der Waals surface area contributed by atoms with Crippen LogP contribution in [0.2, 0.25) is 0 Å². The average Bonchev–Trinajstić information content (AvgIpc) is 3.08. The summed E-state index contributed by atoms with van der Waals surface area (Å²) in [4.78, 5) is 10.6. The normalized spacial score (nSPS) is 14.6. The molecule has 0 aromatic heterocycles. The highest BCUT2D eigenvalue weighted by molar-refractivity contribution is 5.75. The molecular weight excluding hydrogens is 223 g/mol. The third-order valence-electron chi connectivity index (χ3n) is 2.55. The van der Waals surface area contributed by atoms with Gasteiger partial charge < -0.3 is 15.8 Å². The van der Waals surface area contributed by atoms with Gasteiger partial charge in [-0.2, -0.15) is 0 Å². The lowest BCUT2D eigenvalue weighted by molar-refractivity contribution is -0.119. The smallest absolute Gasteiger partial charge is 0.255 e. The summed E-state index contributed by atoms with van der Waals surface area (Å²) in [5.41, 5.74) is 5.71. The Bertz CT molecular complexity index is 419. The summed E-state index contributed by atoms with van der Waals surface area (Å²) >= 11 is 0. The summed E-state index contributed by atoms with van der Waals surface area (Å²) in [6, 6.07) is 4.76. The van der Waals surface area contributed by atoms with Crippen molar-refractivity contribution in [2.24, 2.45) is 5.73 Å². The third-order valence-corrected chi connectivity index (χ3v) is 2.55. The molecule has 0 aliphatic heterocycles. The van der Waals surface area contributed by atoms with Gasteiger partial charge in [-0.1, -0.05) is 0 Å². The Balaban J connectivity index is 2.02. The molecule has 2 rings (SSSR count). The van der Waals surface area contributed by atoms with Crippen LogP contribution in [-0.2, 0) is 11.3 Å². The van der Waals surface area contributed by atoms with Crippen LogP contribution in [0.1, 0.15) is 18.4 Å². The van der Waals surface area contributed by atoms with Crippen LogP contribution < -0.4 is 15.8 Å². The second kappa shape index (κ2) is 5.14. The standard InChI is InChI=1S/C12H15FN2O2/c13-9-1-4-11(17-7-12(14)16)8(5-9)6-15-10-2-3-10/h1,4-5,10,15H,2-3,6-7H2,(H2,14,16).